The van der Waals surface area contributed by atoms with Crippen molar-refractivity contribution in [3.8, 4) is 11.5 Å². The van der Waals surface area contributed by atoms with Crippen LogP contribution in [0.5, 0.6) is 11.5 Å². The van der Waals surface area contributed by atoms with Gasteiger partial charge in [-0.05, 0) is 46.8 Å². The number of nitrogens with one attached hydrogen (secondary N) is 1. The van der Waals surface area contributed by atoms with Crippen molar-refractivity contribution in [3.63, 3.8) is 0 Å². The zero-order valence-electron chi connectivity index (χ0n) is 16.5. The van der Waals surface area contributed by atoms with Crippen LogP contribution in [0.2, 0.25) is 5.02 Å². The van der Waals surface area contributed by atoms with E-state index in [0.717, 1.165) is 22.2 Å². The second-order valence-electron chi connectivity index (χ2n) is 6.90. The fourth-order valence-electron chi connectivity index (χ4n) is 3.33. The van der Waals surface area contributed by atoms with E-state index in [4.69, 9.17) is 21.1 Å². The van der Waals surface area contributed by atoms with Crippen molar-refractivity contribution >= 4 is 28.1 Å². The van der Waals surface area contributed by atoms with Gasteiger partial charge in [0.2, 0.25) is 0 Å². The van der Waals surface area contributed by atoms with E-state index >= 15 is 0 Å². The monoisotopic (exact) mass is 421 g/mol. The van der Waals surface area contributed by atoms with Gasteiger partial charge in [-0.1, -0.05) is 60.1 Å². The summed E-state index contributed by atoms with van der Waals surface area (Å²) in [6.07, 6.45) is 0. The fourth-order valence-corrected chi connectivity index (χ4v) is 3.62. The molecule has 0 aliphatic carbocycles. The largest absolute Gasteiger partial charge is 0.493 e. The number of anilines is 1. The van der Waals surface area contributed by atoms with Gasteiger partial charge in [0.15, 0.2) is 11.5 Å². The lowest BCUT2D eigenvalue weighted by atomic mass is 10.1. The van der Waals surface area contributed by atoms with Gasteiger partial charge in [-0.25, -0.2) is 4.39 Å². The number of hydrogen-bond donors (Lipinski definition) is 1. The first-order chi connectivity index (χ1) is 14.6. The number of rotatable bonds is 7. The standard InChI is InChI=1S/C25H21ClFNO2/c1-29-24-14-18(15-28-23-8-4-6-19-5-2-3-7-21(19)23)13-22(26)25(24)30-16-17-9-11-20(27)12-10-17/h2-14,28H,15-16H2,1H3. The van der Waals surface area contributed by atoms with Crippen molar-refractivity contribution in [1.29, 1.82) is 0 Å². The summed E-state index contributed by atoms with van der Waals surface area (Å²) in [6.45, 7) is 0.853. The van der Waals surface area contributed by atoms with Crippen LogP contribution in [-0.2, 0) is 13.2 Å². The number of ether oxygens (including phenoxy) is 2. The number of fused-ring (bicyclic) bond motifs is 1. The minimum absolute atomic E-state index is 0.268. The van der Waals surface area contributed by atoms with Crippen LogP contribution in [0.4, 0.5) is 10.1 Å². The van der Waals surface area contributed by atoms with Crippen LogP contribution in [0, 0.1) is 5.82 Å². The summed E-state index contributed by atoms with van der Waals surface area (Å²) in [5.41, 5.74) is 2.87. The molecule has 4 aromatic carbocycles. The number of hydrogen-bond acceptors (Lipinski definition) is 3. The Balaban J connectivity index is 1.50. The molecule has 1 N–H and O–H groups in total. The van der Waals surface area contributed by atoms with Gasteiger partial charge >= 0.3 is 0 Å². The zero-order chi connectivity index (χ0) is 20.9. The predicted octanol–water partition coefficient (Wildman–Crippen LogP) is 6.83. The van der Waals surface area contributed by atoms with Crippen LogP contribution in [0.1, 0.15) is 11.1 Å². The zero-order valence-corrected chi connectivity index (χ0v) is 17.2. The molecule has 0 aliphatic rings. The van der Waals surface area contributed by atoms with Crippen LogP contribution >= 0.6 is 11.6 Å². The maximum absolute atomic E-state index is 13.1. The third kappa shape index (κ3) is 4.50. The Hall–Kier alpha value is -3.24. The maximum Gasteiger partial charge on any atom is 0.180 e. The molecule has 0 spiro atoms. The van der Waals surface area contributed by atoms with Crippen molar-refractivity contribution in [1.82, 2.24) is 0 Å². The Labute approximate surface area is 180 Å². The van der Waals surface area contributed by atoms with Gasteiger partial charge in [0, 0.05) is 17.6 Å². The van der Waals surface area contributed by atoms with Gasteiger partial charge in [-0.15, -0.1) is 0 Å². The first-order valence-corrected chi connectivity index (χ1v) is 9.97. The van der Waals surface area contributed by atoms with Crippen molar-refractivity contribution in [3.05, 3.63) is 101 Å². The molecule has 0 saturated carbocycles. The number of halogens is 2. The van der Waals surface area contributed by atoms with Gasteiger partial charge < -0.3 is 14.8 Å². The molecule has 5 heteroatoms. The van der Waals surface area contributed by atoms with Gasteiger partial charge in [0.1, 0.15) is 12.4 Å². The Morgan fingerprint density at radius 2 is 1.67 bits per heavy atom. The third-order valence-electron chi connectivity index (χ3n) is 4.86. The molecule has 4 rings (SSSR count). The first kappa shape index (κ1) is 20.0. The molecule has 0 unspecified atom stereocenters. The van der Waals surface area contributed by atoms with E-state index in [1.165, 1.54) is 17.5 Å². The molecule has 152 valence electrons. The van der Waals surface area contributed by atoms with Crippen molar-refractivity contribution in [2.24, 2.45) is 0 Å². The summed E-state index contributed by atoms with van der Waals surface area (Å²) in [7, 11) is 1.58. The van der Waals surface area contributed by atoms with Crippen molar-refractivity contribution < 1.29 is 13.9 Å². The highest BCUT2D eigenvalue weighted by Gasteiger charge is 2.13. The molecule has 0 heterocycles. The van der Waals surface area contributed by atoms with E-state index in [1.807, 2.05) is 30.3 Å². The van der Waals surface area contributed by atoms with Gasteiger partial charge in [0.05, 0.1) is 12.1 Å². The minimum atomic E-state index is -0.280. The highest BCUT2D eigenvalue weighted by molar-refractivity contribution is 6.32. The van der Waals surface area contributed by atoms with E-state index < -0.39 is 0 Å². The Bertz CT molecular complexity index is 1160. The summed E-state index contributed by atoms with van der Waals surface area (Å²) in [5.74, 6) is 0.745. The smallest absolute Gasteiger partial charge is 0.180 e. The Morgan fingerprint density at radius 3 is 2.47 bits per heavy atom. The molecule has 30 heavy (non-hydrogen) atoms. The van der Waals surface area contributed by atoms with Gasteiger partial charge in [-0.2, -0.15) is 0 Å². The van der Waals surface area contributed by atoms with E-state index in [0.29, 0.717) is 23.1 Å². The van der Waals surface area contributed by atoms with Crippen molar-refractivity contribution in [2.75, 3.05) is 12.4 Å². The maximum atomic E-state index is 13.1. The minimum Gasteiger partial charge on any atom is -0.493 e. The number of methoxy groups -OCH3 is 1. The van der Waals surface area contributed by atoms with Crippen molar-refractivity contribution in [2.45, 2.75) is 13.2 Å². The lowest BCUT2D eigenvalue weighted by Crippen LogP contribution is -2.03. The van der Waals surface area contributed by atoms with Crippen LogP contribution in [0.3, 0.4) is 0 Å². The molecule has 0 aromatic heterocycles. The Morgan fingerprint density at radius 1 is 0.900 bits per heavy atom. The molecule has 0 amide bonds. The van der Waals surface area contributed by atoms with E-state index in [1.54, 1.807) is 19.2 Å². The average Bonchev–Trinajstić information content (AvgIpc) is 2.77. The first-order valence-electron chi connectivity index (χ1n) is 9.59. The predicted molar refractivity (Wildman–Crippen MR) is 120 cm³/mol. The van der Waals surface area contributed by atoms with Crippen LogP contribution in [0.15, 0.2) is 78.9 Å². The molecule has 0 saturated heterocycles. The lowest BCUT2D eigenvalue weighted by Gasteiger charge is -2.15. The molecule has 0 fully saturated rings. The molecule has 4 aromatic rings. The SMILES string of the molecule is COc1cc(CNc2cccc3ccccc23)cc(Cl)c1OCc1ccc(F)cc1. The summed E-state index contributed by atoms with van der Waals surface area (Å²) < 4.78 is 24.4. The van der Waals surface area contributed by atoms with Crippen LogP contribution < -0.4 is 14.8 Å². The molecule has 0 radical (unpaired) electrons. The summed E-state index contributed by atoms with van der Waals surface area (Å²) in [4.78, 5) is 0. The average molecular weight is 422 g/mol. The second kappa shape index (κ2) is 9.06. The molecule has 0 atom stereocenters. The summed E-state index contributed by atoms with van der Waals surface area (Å²) >= 11 is 6.49. The molecule has 3 nitrogen and oxygen atoms in total. The van der Waals surface area contributed by atoms with E-state index in [9.17, 15) is 4.39 Å². The van der Waals surface area contributed by atoms with E-state index in [2.05, 4.69) is 29.6 Å². The highest BCUT2D eigenvalue weighted by Crippen LogP contribution is 2.37. The van der Waals surface area contributed by atoms with Crippen LogP contribution in [0.25, 0.3) is 10.8 Å². The quantitative estimate of drug-likeness (QED) is 0.354. The Kier molecular flexibility index (Phi) is 6.05. The van der Waals surface area contributed by atoms with E-state index in [-0.39, 0.29) is 12.4 Å². The highest BCUT2D eigenvalue weighted by atomic mass is 35.5. The lowest BCUT2D eigenvalue weighted by molar-refractivity contribution is 0.284. The third-order valence-corrected chi connectivity index (χ3v) is 5.14. The molecular formula is C25H21ClFNO2. The van der Waals surface area contributed by atoms with Crippen LogP contribution in [-0.4, -0.2) is 7.11 Å². The molecule has 0 aliphatic heterocycles. The fraction of sp³-hybridized carbons (Fsp3) is 0.120. The molecule has 0 bridgehead atoms. The summed E-state index contributed by atoms with van der Waals surface area (Å²) in [6, 6.07) is 24.4. The van der Waals surface area contributed by atoms with Gasteiger partial charge in [0.25, 0.3) is 0 Å². The number of benzene rings is 4. The van der Waals surface area contributed by atoms with Gasteiger partial charge in [-0.3, -0.25) is 0 Å². The topological polar surface area (TPSA) is 30.5 Å². The normalized spacial score (nSPS) is 10.8. The molecular weight excluding hydrogens is 401 g/mol. The second-order valence-corrected chi connectivity index (χ2v) is 7.31. The summed E-state index contributed by atoms with van der Waals surface area (Å²) in [5, 5.41) is 6.29.